The van der Waals surface area contributed by atoms with Crippen molar-refractivity contribution in [2.45, 2.75) is 13.3 Å². The predicted molar refractivity (Wildman–Crippen MR) is 69.1 cm³/mol. The van der Waals surface area contributed by atoms with Crippen LogP contribution in [0.4, 0.5) is 0 Å². The zero-order chi connectivity index (χ0) is 12.1. The molecule has 0 radical (unpaired) electrons. The molecule has 3 nitrogen and oxygen atoms in total. The van der Waals surface area contributed by atoms with Gasteiger partial charge in [0.25, 0.3) is 5.91 Å². The minimum Gasteiger partial charge on any atom is -0.337 e. The fourth-order valence-corrected chi connectivity index (χ4v) is 2.25. The lowest BCUT2D eigenvalue weighted by Crippen LogP contribution is -2.35. The molecule has 0 aliphatic carbocycles. The minimum absolute atomic E-state index is 0.170. The largest absolute Gasteiger partial charge is 0.337 e. The van der Waals surface area contributed by atoms with Gasteiger partial charge in [-0.1, -0.05) is 25.1 Å². The van der Waals surface area contributed by atoms with Crippen molar-refractivity contribution in [2.75, 3.05) is 32.7 Å². The Morgan fingerprint density at radius 3 is 2.59 bits per heavy atom. The van der Waals surface area contributed by atoms with Crippen molar-refractivity contribution in [3.63, 3.8) is 0 Å². The third-order valence-corrected chi connectivity index (χ3v) is 3.34. The molecule has 1 aromatic rings. The number of carbonyl (C=O) groups is 1. The van der Waals surface area contributed by atoms with E-state index >= 15 is 0 Å². The summed E-state index contributed by atoms with van der Waals surface area (Å²) < 4.78 is 0. The Bertz CT molecular complexity index is 364. The summed E-state index contributed by atoms with van der Waals surface area (Å²) >= 11 is 0. The predicted octanol–water partition coefficient (Wildman–Crippen LogP) is 1.85. The summed E-state index contributed by atoms with van der Waals surface area (Å²) in [6.07, 6.45) is 1.08. The summed E-state index contributed by atoms with van der Waals surface area (Å²) in [7, 11) is 0. The Labute approximate surface area is 103 Å². The van der Waals surface area contributed by atoms with Crippen molar-refractivity contribution in [3.05, 3.63) is 35.9 Å². The van der Waals surface area contributed by atoms with Gasteiger partial charge in [0.05, 0.1) is 0 Å². The highest BCUT2D eigenvalue weighted by Crippen LogP contribution is 2.08. The third kappa shape index (κ3) is 3.07. The summed E-state index contributed by atoms with van der Waals surface area (Å²) in [6.45, 7) is 7.08. The van der Waals surface area contributed by atoms with Crippen LogP contribution in [0.2, 0.25) is 0 Å². The number of nitrogens with zero attached hydrogens (tertiary/aromatic N) is 2. The van der Waals surface area contributed by atoms with Crippen molar-refractivity contribution in [2.24, 2.45) is 0 Å². The van der Waals surface area contributed by atoms with E-state index in [1.807, 2.05) is 35.2 Å². The van der Waals surface area contributed by atoms with Crippen LogP contribution in [0.5, 0.6) is 0 Å². The van der Waals surface area contributed by atoms with Crippen molar-refractivity contribution in [3.8, 4) is 0 Å². The topological polar surface area (TPSA) is 23.6 Å². The number of rotatable bonds is 2. The molecule has 1 saturated heterocycles. The summed E-state index contributed by atoms with van der Waals surface area (Å²) in [6, 6.07) is 9.57. The molecule has 0 N–H and O–H groups in total. The zero-order valence-electron chi connectivity index (χ0n) is 10.4. The number of hydrogen-bond donors (Lipinski definition) is 0. The van der Waals surface area contributed by atoms with Crippen molar-refractivity contribution >= 4 is 5.91 Å². The summed E-state index contributed by atoms with van der Waals surface area (Å²) in [5.74, 6) is 0.170. The van der Waals surface area contributed by atoms with E-state index in [4.69, 9.17) is 0 Å². The number of benzene rings is 1. The lowest BCUT2D eigenvalue weighted by atomic mass is 10.2. The molecule has 1 aliphatic rings. The number of carbonyl (C=O) groups excluding carboxylic acids is 1. The molecule has 0 spiro atoms. The Morgan fingerprint density at radius 1 is 1.12 bits per heavy atom. The molecule has 1 amide bonds. The second-order valence-electron chi connectivity index (χ2n) is 4.45. The van der Waals surface area contributed by atoms with E-state index in [9.17, 15) is 4.79 Å². The molecule has 1 heterocycles. The number of likely N-dealkylation sites (N-methyl/N-ethyl adjacent to an activating group) is 1. The van der Waals surface area contributed by atoms with E-state index in [1.54, 1.807) is 0 Å². The van der Waals surface area contributed by atoms with Crippen LogP contribution >= 0.6 is 0 Å². The molecule has 0 bridgehead atoms. The van der Waals surface area contributed by atoms with E-state index in [2.05, 4.69) is 11.8 Å². The fraction of sp³-hybridized carbons (Fsp3) is 0.500. The molecule has 1 aliphatic heterocycles. The zero-order valence-corrected chi connectivity index (χ0v) is 10.4. The smallest absolute Gasteiger partial charge is 0.253 e. The average molecular weight is 232 g/mol. The van der Waals surface area contributed by atoms with Crippen LogP contribution in [-0.2, 0) is 0 Å². The first-order chi connectivity index (χ1) is 8.31. The normalized spacial score (nSPS) is 17.8. The molecule has 92 valence electrons. The first-order valence-corrected chi connectivity index (χ1v) is 6.38. The van der Waals surface area contributed by atoms with E-state index in [1.165, 1.54) is 0 Å². The van der Waals surface area contributed by atoms with Gasteiger partial charge in [0, 0.05) is 25.2 Å². The van der Waals surface area contributed by atoms with E-state index in [0.29, 0.717) is 0 Å². The first kappa shape index (κ1) is 12.1. The van der Waals surface area contributed by atoms with Crippen LogP contribution in [0.3, 0.4) is 0 Å². The van der Waals surface area contributed by atoms with Gasteiger partial charge in [-0.2, -0.15) is 0 Å². The maximum atomic E-state index is 12.3. The van der Waals surface area contributed by atoms with Gasteiger partial charge in [0.2, 0.25) is 0 Å². The quantitative estimate of drug-likeness (QED) is 0.777. The minimum atomic E-state index is 0.170. The molecule has 0 aromatic heterocycles. The summed E-state index contributed by atoms with van der Waals surface area (Å²) in [5.41, 5.74) is 0.803. The maximum Gasteiger partial charge on any atom is 0.253 e. The van der Waals surface area contributed by atoms with Crippen LogP contribution in [0.25, 0.3) is 0 Å². The second kappa shape index (κ2) is 5.82. The molecule has 2 rings (SSSR count). The van der Waals surface area contributed by atoms with Gasteiger partial charge < -0.3 is 9.80 Å². The van der Waals surface area contributed by atoms with E-state index in [0.717, 1.165) is 44.7 Å². The van der Waals surface area contributed by atoms with Gasteiger partial charge in [0.1, 0.15) is 0 Å². The number of hydrogen-bond acceptors (Lipinski definition) is 2. The van der Waals surface area contributed by atoms with Crippen LogP contribution in [0, 0.1) is 0 Å². The van der Waals surface area contributed by atoms with Crippen LogP contribution < -0.4 is 0 Å². The molecular formula is C14H20N2O. The molecule has 17 heavy (non-hydrogen) atoms. The fourth-order valence-electron chi connectivity index (χ4n) is 2.25. The van der Waals surface area contributed by atoms with Gasteiger partial charge in [-0.25, -0.2) is 0 Å². The Morgan fingerprint density at radius 2 is 1.88 bits per heavy atom. The molecule has 1 aromatic carbocycles. The molecule has 0 unspecified atom stereocenters. The van der Waals surface area contributed by atoms with Gasteiger partial charge in [-0.15, -0.1) is 0 Å². The van der Waals surface area contributed by atoms with E-state index in [-0.39, 0.29) is 5.91 Å². The van der Waals surface area contributed by atoms with Gasteiger partial charge >= 0.3 is 0 Å². The monoisotopic (exact) mass is 232 g/mol. The van der Waals surface area contributed by atoms with E-state index < -0.39 is 0 Å². The van der Waals surface area contributed by atoms with Gasteiger partial charge in [-0.05, 0) is 31.6 Å². The van der Waals surface area contributed by atoms with Crippen molar-refractivity contribution in [1.82, 2.24) is 9.80 Å². The van der Waals surface area contributed by atoms with Crippen LogP contribution in [0.15, 0.2) is 30.3 Å². The van der Waals surface area contributed by atoms with Crippen molar-refractivity contribution < 1.29 is 4.79 Å². The van der Waals surface area contributed by atoms with Gasteiger partial charge in [-0.3, -0.25) is 4.79 Å². The molecule has 1 fully saturated rings. The van der Waals surface area contributed by atoms with Gasteiger partial charge in [0.15, 0.2) is 0 Å². The standard InChI is InChI=1S/C14H20N2O/c1-2-15-9-6-10-16(12-11-15)14(17)13-7-4-3-5-8-13/h3-5,7-8H,2,6,9-12H2,1H3. The second-order valence-corrected chi connectivity index (χ2v) is 4.45. The first-order valence-electron chi connectivity index (χ1n) is 6.38. The highest BCUT2D eigenvalue weighted by atomic mass is 16.2. The SMILES string of the molecule is CCN1CCCN(C(=O)c2ccccc2)CC1. The molecule has 0 saturated carbocycles. The maximum absolute atomic E-state index is 12.3. The van der Waals surface area contributed by atoms with Crippen LogP contribution in [0.1, 0.15) is 23.7 Å². The van der Waals surface area contributed by atoms with Crippen LogP contribution in [-0.4, -0.2) is 48.4 Å². The number of amides is 1. The highest BCUT2D eigenvalue weighted by molar-refractivity contribution is 5.94. The highest BCUT2D eigenvalue weighted by Gasteiger charge is 2.19. The Hall–Kier alpha value is -1.35. The molecule has 3 heteroatoms. The third-order valence-electron chi connectivity index (χ3n) is 3.34. The lowest BCUT2D eigenvalue weighted by molar-refractivity contribution is 0.0762. The Balaban J connectivity index is 2.01. The summed E-state index contributed by atoms with van der Waals surface area (Å²) in [5, 5.41) is 0. The summed E-state index contributed by atoms with van der Waals surface area (Å²) in [4.78, 5) is 16.6. The molecular weight excluding hydrogens is 212 g/mol. The Kier molecular flexibility index (Phi) is 4.15. The average Bonchev–Trinajstić information content (AvgIpc) is 2.64. The van der Waals surface area contributed by atoms with Crippen molar-refractivity contribution in [1.29, 1.82) is 0 Å². The lowest BCUT2D eigenvalue weighted by Gasteiger charge is -2.21. The molecule has 0 atom stereocenters.